The minimum atomic E-state index is -0.0243. The second kappa shape index (κ2) is 10.2. The molecule has 0 aliphatic carbocycles. The molecule has 170 valence electrons. The first-order valence-electron chi connectivity index (χ1n) is 11.8. The molecule has 2 aromatic carbocycles. The molecule has 1 aromatic heterocycles. The van der Waals surface area contributed by atoms with Crippen LogP contribution in [-0.4, -0.2) is 48.4 Å². The smallest absolute Gasteiger partial charge is 0.251 e. The van der Waals surface area contributed by atoms with Gasteiger partial charge in [-0.15, -0.1) is 0 Å². The summed E-state index contributed by atoms with van der Waals surface area (Å²) < 4.78 is 5.45. The number of anilines is 1. The van der Waals surface area contributed by atoms with E-state index in [0.29, 0.717) is 11.5 Å². The third kappa shape index (κ3) is 4.80. The lowest BCUT2D eigenvalue weighted by Crippen LogP contribution is -2.37. The van der Waals surface area contributed by atoms with Gasteiger partial charge in [-0.25, -0.2) is 0 Å². The molecule has 2 atom stereocenters. The number of hydrogen-bond acceptors (Lipinski definition) is 4. The van der Waals surface area contributed by atoms with E-state index in [1.54, 1.807) is 0 Å². The average molecular weight is 435 g/mol. The molecule has 1 fully saturated rings. The van der Waals surface area contributed by atoms with Crippen molar-refractivity contribution in [3.8, 4) is 11.3 Å². The van der Waals surface area contributed by atoms with E-state index >= 15 is 0 Å². The van der Waals surface area contributed by atoms with Gasteiger partial charge in [0.05, 0.1) is 24.4 Å². The van der Waals surface area contributed by atoms with Crippen LogP contribution in [0.15, 0.2) is 42.5 Å². The molecule has 2 N–H and O–H groups in total. The lowest BCUT2D eigenvalue weighted by atomic mass is 9.93. The first kappa shape index (κ1) is 22.3. The Morgan fingerprint density at radius 3 is 2.59 bits per heavy atom. The number of amides is 1. The van der Waals surface area contributed by atoms with Crippen LogP contribution in [0.2, 0.25) is 0 Å². The van der Waals surface area contributed by atoms with Crippen LogP contribution in [-0.2, 0) is 4.74 Å². The first-order chi connectivity index (χ1) is 15.6. The summed E-state index contributed by atoms with van der Waals surface area (Å²) in [5.74, 6) is 0.478. The molecule has 4 rings (SSSR count). The minimum absolute atomic E-state index is 0.0243. The predicted octanol–water partition coefficient (Wildman–Crippen LogP) is 5.01. The van der Waals surface area contributed by atoms with E-state index in [2.05, 4.69) is 65.5 Å². The van der Waals surface area contributed by atoms with Gasteiger partial charge in [-0.05, 0) is 49.6 Å². The number of aromatic amines is 1. The highest BCUT2D eigenvalue weighted by molar-refractivity contribution is 6.01. The fraction of sp³-hybridized carbons (Fsp3) is 0.462. The molecule has 1 saturated heterocycles. The molecular formula is C26H34N4O2. The second-order valence-corrected chi connectivity index (χ2v) is 8.70. The highest BCUT2D eigenvalue weighted by atomic mass is 16.5. The normalized spacial score (nSPS) is 16.2. The van der Waals surface area contributed by atoms with Crippen LogP contribution in [0.1, 0.15) is 50.4 Å². The van der Waals surface area contributed by atoms with Crippen LogP contribution in [0.25, 0.3) is 22.2 Å². The Labute approximate surface area is 190 Å². The van der Waals surface area contributed by atoms with E-state index in [4.69, 9.17) is 4.74 Å². The molecule has 2 heterocycles. The van der Waals surface area contributed by atoms with E-state index in [0.717, 1.165) is 67.7 Å². The SMILES string of the molecule is CCCC(CC)[C@@H](C)NC(=O)c1ccc2[nH]nc(-c3ccc(N4CCOCC4)cc3)c2c1. The Morgan fingerprint density at radius 1 is 1.16 bits per heavy atom. The molecule has 1 aliphatic heterocycles. The number of H-pyrrole nitrogens is 1. The maximum atomic E-state index is 13.0. The first-order valence-corrected chi connectivity index (χ1v) is 11.8. The highest BCUT2D eigenvalue weighted by Gasteiger charge is 2.19. The Morgan fingerprint density at radius 2 is 1.91 bits per heavy atom. The van der Waals surface area contributed by atoms with Gasteiger partial charge in [-0.2, -0.15) is 5.10 Å². The molecule has 0 bridgehead atoms. The van der Waals surface area contributed by atoms with Crippen LogP contribution in [0.3, 0.4) is 0 Å². The van der Waals surface area contributed by atoms with Crippen LogP contribution >= 0.6 is 0 Å². The monoisotopic (exact) mass is 434 g/mol. The van der Waals surface area contributed by atoms with E-state index < -0.39 is 0 Å². The largest absolute Gasteiger partial charge is 0.378 e. The van der Waals surface area contributed by atoms with Crippen molar-refractivity contribution in [1.29, 1.82) is 0 Å². The Hall–Kier alpha value is -2.86. The fourth-order valence-electron chi connectivity index (χ4n) is 4.61. The van der Waals surface area contributed by atoms with Crippen LogP contribution < -0.4 is 10.2 Å². The van der Waals surface area contributed by atoms with Crippen LogP contribution in [0.4, 0.5) is 5.69 Å². The maximum Gasteiger partial charge on any atom is 0.251 e. The lowest BCUT2D eigenvalue weighted by Gasteiger charge is -2.28. The number of morpholine rings is 1. The topological polar surface area (TPSA) is 70.2 Å². The number of hydrogen-bond donors (Lipinski definition) is 2. The van der Waals surface area contributed by atoms with E-state index in [-0.39, 0.29) is 11.9 Å². The Balaban J connectivity index is 1.54. The Bertz CT molecular complexity index is 1040. The zero-order valence-electron chi connectivity index (χ0n) is 19.4. The minimum Gasteiger partial charge on any atom is -0.378 e. The molecule has 0 saturated carbocycles. The van der Waals surface area contributed by atoms with Gasteiger partial charge in [0.15, 0.2) is 0 Å². The quantitative estimate of drug-likeness (QED) is 0.523. The maximum absolute atomic E-state index is 13.0. The van der Waals surface area contributed by atoms with Gasteiger partial charge in [0.25, 0.3) is 5.91 Å². The number of nitrogens with one attached hydrogen (secondary N) is 2. The molecule has 1 unspecified atom stereocenters. The average Bonchev–Trinajstić information content (AvgIpc) is 3.26. The van der Waals surface area contributed by atoms with Crippen molar-refractivity contribution in [1.82, 2.24) is 15.5 Å². The van der Waals surface area contributed by atoms with Crippen molar-refractivity contribution in [3.63, 3.8) is 0 Å². The summed E-state index contributed by atoms with van der Waals surface area (Å²) in [5, 5.41) is 11.8. The molecule has 1 amide bonds. The number of rotatable bonds is 8. The van der Waals surface area contributed by atoms with Gasteiger partial charge in [0.1, 0.15) is 0 Å². The summed E-state index contributed by atoms with van der Waals surface area (Å²) in [7, 11) is 0. The molecule has 3 aromatic rings. The predicted molar refractivity (Wildman–Crippen MR) is 130 cm³/mol. The Kier molecular flexibility index (Phi) is 7.10. The summed E-state index contributed by atoms with van der Waals surface area (Å²) in [4.78, 5) is 15.3. The molecule has 0 spiro atoms. The van der Waals surface area contributed by atoms with Gasteiger partial charge in [-0.3, -0.25) is 9.89 Å². The number of carbonyl (C=O) groups excluding carboxylic acids is 1. The second-order valence-electron chi connectivity index (χ2n) is 8.70. The molecule has 32 heavy (non-hydrogen) atoms. The van der Waals surface area contributed by atoms with Gasteiger partial charge >= 0.3 is 0 Å². The van der Waals surface area contributed by atoms with Crippen molar-refractivity contribution in [2.24, 2.45) is 5.92 Å². The number of benzene rings is 2. The summed E-state index contributed by atoms with van der Waals surface area (Å²) in [5.41, 5.74) is 4.70. The number of ether oxygens (including phenoxy) is 1. The molecule has 6 nitrogen and oxygen atoms in total. The summed E-state index contributed by atoms with van der Waals surface area (Å²) in [6.45, 7) is 9.87. The molecular weight excluding hydrogens is 400 g/mol. The highest BCUT2D eigenvalue weighted by Crippen LogP contribution is 2.29. The van der Waals surface area contributed by atoms with Crippen molar-refractivity contribution in [2.45, 2.75) is 46.1 Å². The summed E-state index contributed by atoms with van der Waals surface area (Å²) in [6.07, 6.45) is 3.33. The van der Waals surface area contributed by atoms with Crippen molar-refractivity contribution in [2.75, 3.05) is 31.2 Å². The van der Waals surface area contributed by atoms with Gasteiger partial charge in [-0.1, -0.05) is 38.8 Å². The van der Waals surface area contributed by atoms with Gasteiger partial charge in [0.2, 0.25) is 0 Å². The van der Waals surface area contributed by atoms with Crippen molar-refractivity contribution in [3.05, 3.63) is 48.0 Å². The summed E-state index contributed by atoms with van der Waals surface area (Å²) >= 11 is 0. The molecule has 0 radical (unpaired) electrons. The molecule has 6 heteroatoms. The summed E-state index contributed by atoms with van der Waals surface area (Å²) in [6, 6.07) is 14.4. The fourth-order valence-corrected chi connectivity index (χ4v) is 4.61. The van der Waals surface area contributed by atoms with Crippen molar-refractivity contribution < 1.29 is 9.53 Å². The van der Waals surface area contributed by atoms with E-state index in [9.17, 15) is 4.79 Å². The number of fused-ring (bicyclic) bond motifs is 1. The number of carbonyl (C=O) groups is 1. The zero-order valence-corrected chi connectivity index (χ0v) is 19.4. The zero-order chi connectivity index (χ0) is 22.5. The van der Waals surface area contributed by atoms with Crippen LogP contribution in [0, 0.1) is 5.92 Å². The van der Waals surface area contributed by atoms with Crippen molar-refractivity contribution >= 4 is 22.5 Å². The van der Waals surface area contributed by atoms with E-state index in [1.807, 2.05) is 18.2 Å². The van der Waals surface area contributed by atoms with Crippen LogP contribution in [0.5, 0.6) is 0 Å². The number of nitrogens with zero attached hydrogens (tertiary/aromatic N) is 2. The van der Waals surface area contributed by atoms with Gasteiger partial charge < -0.3 is 15.0 Å². The van der Waals surface area contributed by atoms with E-state index in [1.165, 1.54) is 5.69 Å². The lowest BCUT2D eigenvalue weighted by molar-refractivity contribution is 0.0924. The third-order valence-corrected chi connectivity index (χ3v) is 6.59. The third-order valence-electron chi connectivity index (χ3n) is 6.59. The number of aromatic nitrogens is 2. The molecule has 1 aliphatic rings. The van der Waals surface area contributed by atoms with Gasteiger partial charge in [0, 0.05) is 41.3 Å². The standard InChI is InChI=1S/C26H34N4O2/c1-4-6-19(5-2)18(3)27-26(31)21-9-12-24-23(17-21)25(29-28-24)20-7-10-22(11-8-20)30-13-15-32-16-14-30/h7-12,17-19H,4-6,13-16H2,1-3H3,(H,27,31)(H,28,29)/t18-,19?/m1/s1.